The van der Waals surface area contributed by atoms with E-state index in [0.717, 1.165) is 11.0 Å². The molecule has 1 aromatic heterocycles. The number of hydrogen-bond donors (Lipinski definition) is 3. The van der Waals surface area contributed by atoms with Crippen molar-refractivity contribution in [3.05, 3.63) is 41.4 Å². The Morgan fingerprint density at radius 2 is 1.89 bits per heavy atom. The van der Waals surface area contributed by atoms with Gasteiger partial charge in [0.2, 0.25) is 0 Å². The molecule has 0 saturated heterocycles. The number of nitrogens with one attached hydrogen (secondary N) is 1. The molecule has 0 amide bonds. The van der Waals surface area contributed by atoms with Crippen molar-refractivity contribution in [1.29, 1.82) is 0 Å². The summed E-state index contributed by atoms with van der Waals surface area (Å²) in [6, 6.07) is 9.58. The minimum absolute atomic E-state index is 0.0537. The minimum Gasteiger partial charge on any atom is -0.508 e. The fourth-order valence-corrected chi connectivity index (χ4v) is 2.00. The molecule has 3 aromatic rings. The summed E-state index contributed by atoms with van der Waals surface area (Å²) in [4.78, 5) is 7.39. The summed E-state index contributed by atoms with van der Waals surface area (Å²) < 4.78 is 0. The highest BCUT2D eigenvalue weighted by Gasteiger charge is 2.10. The van der Waals surface area contributed by atoms with E-state index in [1.54, 1.807) is 18.2 Å². The molecule has 0 unspecified atom stereocenters. The van der Waals surface area contributed by atoms with Gasteiger partial charge in [-0.3, -0.25) is 0 Å². The van der Waals surface area contributed by atoms with E-state index in [9.17, 15) is 10.2 Å². The van der Waals surface area contributed by atoms with E-state index >= 15 is 0 Å². The van der Waals surface area contributed by atoms with Crippen LogP contribution in [0, 0.1) is 0 Å². The average molecular weight is 261 g/mol. The van der Waals surface area contributed by atoms with Gasteiger partial charge in [0.05, 0.1) is 16.6 Å². The number of fused-ring (bicyclic) bond motifs is 1. The third-order valence-corrected chi connectivity index (χ3v) is 2.91. The molecule has 0 radical (unpaired) electrons. The monoisotopic (exact) mass is 260 g/mol. The number of benzene rings is 2. The van der Waals surface area contributed by atoms with Crippen LogP contribution in [0.15, 0.2) is 36.4 Å². The quantitative estimate of drug-likeness (QED) is 0.588. The van der Waals surface area contributed by atoms with Gasteiger partial charge in [0.25, 0.3) is 0 Å². The Bertz CT molecular complexity index is 737. The third kappa shape index (κ3) is 1.76. The summed E-state index contributed by atoms with van der Waals surface area (Å²) in [5.74, 6) is 0.611. The third-order valence-electron chi connectivity index (χ3n) is 2.68. The van der Waals surface area contributed by atoms with Gasteiger partial charge in [0.15, 0.2) is 0 Å². The van der Waals surface area contributed by atoms with Gasteiger partial charge in [-0.2, -0.15) is 0 Å². The summed E-state index contributed by atoms with van der Waals surface area (Å²) in [5.41, 5.74) is 1.97. The fourth-order valence-electron chi connectivity index (χ4n) is 1.82. The Labute approximate surface area is 107 Å². The summed E-state index contributed by atoms with van der Waals surface area (Å²) in [6.45, 7) is 0. The van der Waals surface area contributed by atoms with Crippen LogP contribution < -0.4 is 0 Å². The number of nitrogens with zero attached hydrogens (tertiary/aromatic N) is 1. The van der Waals surface area contributed by atoms with Crippen LogP contribution in [-0.4, -0.2) is 20.2 Å². The maximum atomic E-state index is 9.77. The minimum atomic E-state index is 0.0537. The average Bonchev–Trinajstić information content (AvgIpc) is 2.74. The first-order chi connectivity index (χ1) is 8.63. The molecule has 4 nitrogen and oxygen atoms in total. The van der Waals surface area contributed by atoms with Gasteiger partial charge >= 0.3 is 0 Å². The number of aromatic hydroxyl groups is 2. The van der Waals surface area contributed by atoms with Crippen LogP contribution in [0.3, 0.4) is 0 Å². The molecule has 0 aliphatic heterocycles. The van der Waals surface area contributed by atoms with Gasteiger partial charge in [-0.05, 0) is 36.4 Å². The number of aromatic nitrogens is 2. The summed E-state index contributed by atoms with van der Waals surface area (Å²) >= 11 is 5.89. The van der Waals surface area contributed by atoms with Crippen LogP contribution in [0.25, 0.3) is 22.4 Å². The van der Waals surface area contributed by atoms with E-state index in [-0.39, 0.29) is 11.5 Å². The van der Waals surface area contributed by atoms with Gasteiger partial charge in [-0.15, -0.1) is 0 Å². The molecular weight excluding hydrogens is 252 g/mol. The molecule has 2 aromatic carbocycles. The molecule has 0 spiro atoms. The summed E-state index contributed by atoms with van der Waals surface area (Å²) in [5, 5.41) is 19.8. The molecule has 0 atom stereocenters. The van der Waals surface area contributed by atoms with E-state index in [2.05, 4.69) is 9.97 Å². The normalized spacial score (nSPS) is 10.9. The Morgan fingerprint density at radius 1 is 1.06 bits per heavy atom. The number of imidazole rings is 1. The van der Waals surface area contributed by atoms with Crippen molar-refractivity contribution in [3.63, 3.8) is 0 Å². The lowest BCUT2D eigenvalue weighted by atomic mass is 10.2. The Morgan fingerprint density at radius 3 is 2.72 bits per heavy atom. The van der Waals surface area contributed by atoms with Crippen molar-refractivity contribution >= 4 is 22.6 Å². The maximum absolute atomic E-state index is 9.77. The van der Waals surface area contributed by atoms with E-state index < -0.39 is 0 Å². The van der Waals surface area contributed by atoms with E-state index in [1.165, 1.54) is 18.2 Å². The number of H-pyrrole nitrogens is 1. The lowest BCUT2D eigenvalue weighted by molar-refractivity contribution is 0.461. The molecule has 18 heavy (non-hydrogen) atoms. The van der Waals surface area contributed by atoms with Crippen molar-refractivity contribution in [2.45, 2.75) is 0 Å². The zero-order valence-electron chi connectivity index (χ0n) is 9.18. The molecule has 5 heteroatoms. The molecular formula is C13H9ClN2O2. The molecule has 0 bridgehead atoms. The Kier molecular flexibility index (Phi) is 2.38. The second-order valence-electron chi connectivity index (χ2n) is 3.95. The number of phenols is 2. The SMILES string of the molecule is Oc1ccc(O)c(-c2nc3ccc(Cl)cc3[nH]2)c1. The molecule has 0 saturated carbocycles. The zero-order chi connectivity index (χ0) is 12.7. The van der Waals surface area contributed by atoms with Crippen molar-refractivity contribution in [3.8, 4) is 22.9 Å². The molecule has 0 aliphatic carbocycles. The first-order valence-corrected chi connectivity index (χ1v) is 5.69. The van der Waals surface area contributed by atoms with Crippen molar-refractivity contribution in [2.75, 3.05) is 0 Å². The smallest absolute Gasteiger partial charge is 0.142 e. The second kappa shape index (κ2) is 3.92. The van der Waals surface area contributed by atoms with Crippen LogP contribution in [-0.2, 0) is 0 Å². The van der Waals surface area contributed by atoms with E-state index in [0.29, 0.717) is 16.4 Å². The van der Waals surface area contributed by atoms with Crippen LogP contribution in [0.2, 0.25) is 5.02 Å². The number of halogens is 1. The Hall–Kier alpha value is -2.20. The van der Waals surface area contributed by atoms with Gasteiger partial charge in [-0.25, -0.2) is 4.98 Å². The number of phenolic OH excluding ortho intramolecular Hbond substituents is 2. The van der Waals surface area contributed by atoms with Crippen LogP contribution in [0.1, 0.15) is 0 Å². The first-order valence-electron chi connectivity index (χ1n) is 5.31. The predicted molar refractivity (Wildman–Crippen MR) is 69.9 cm³/mol. The summed E-state index contributed by atoms with van der Waals surface area (Å²) in [7, 11) is 0. The highest BCUT2D eigenvalue weighted by molar-refractivity contribution is 6.31. The number of aromatic amines is 1. The van der Waals surface area contributed by atoms with Crippen LogP contribution in [0.5, 0.6) is 11.5 Å². The number of hydrogen-bond acceptors (Lipinski definition) is 3. The summed E-state index contributed by atoms with van der Waals surface area (Å²) in [6.07, 6.45) is 0. The lowest BCUT2D eigenvalue weighted by Crippen LogP contribution is -1.81. The molecule has 90 valence electrons. The molecule has 3 rings (SSSR count). The van der Waals surface area contributed by atoms with Crippen LogP contribution in [0.4, 0.5) is 0 Å². The topological polar surface area (TPSA) is 69.1 Å². The zero-order valence-corrected chi connectivity index (χ0v) is 9.94. The fraction of sp³-hybridized carbons (Fsp3) is 0. The van der Waals surface area contributed by atoms with Gasteiger partial charge in [0, 0.05) is 5.02 Å². The van der Waals surface area contributed by atoms with Gasteiger partial charge in [0.1, 0.15) is 17.3 Å². The lowest BCUT2D eigenvalue weighted by Gasteiger charge is -2.01. The van der Waals surface area contributed by atoms with E-state index in [4.69, 9.17) is 11.6 Å². The number of rotatable bonds is 1. The molecule has 0 fully saturated rings. The highest BCUT2D eigenvalue weighted by atomic mass is 35.5. The molecule has 0 aliphatic rings. The van der Waals surface area contributed by atoms with Crippen LogP contribution >= 0.6 is 11.6 Å². The van der Waals surface area contributed by atoms with Gasteiger partial charge in [-0.1, -0.05) is 11.6 Å². The Balaban J connectivity index is 2.22. The first kappa shape index (κ1) is 10.9. The predicted octanol–water partition coefficient (Wildman–Crippen LogP) is 3.29. The molecule has 3 N–H and O–H groups in total. The van der Waals surface area contributed by atoms with Crippen molar-refractivity contribution < 1.29 is 10.2 Å². The second-order valence-corrected chi connectivity index (χ2v) is 4.38. The van der Waals surface area contributed by atoms with E-state index in [1.807, 2.05) is 0 Å². The van der Waals surface area contributed by atoms with Gasteiger partial charge < -0.3 is 15.2 Å². The highest BCUT2D eigenvalue weighted by Crippen LogP contribution is 2.31. The molecule has 1 heterocycles. The van der Waals surface area contributed by atoms with Crippen molar-refractivity contribution in [1.82, 2.24) is 9.97 Å². The van der Waals surface area contributed by atoms with Crippen molar-refractivity contribution in [2.24, 2.45) is 0 Å². The maximum Gasteiger partial charge on any atom is 0.142 e. The largest absolute Gasteiger partial charge is 0.508 e. The standard InChI is InChI=1S/C13H9ClN2O2/c14-7-1-3-10-11(5-7)16-13(15-10)9-6-8(17)2-4-12(9)18/h1-6,17-18H,(H,15,16).